The zero-order valence-electron chi connectivity index (χ0n) is 18.0. The molecule has 3 heterocycles. The Hall–Kier alpha value is -2.01. The predicted octanol–water partition coefficient (Wildman–Crippen LogP) is 5.42. The van der Waals surface area contributed by atoms with Crippen LogP contribution in [0.2, 0.25) is 0 Å². The van der Waals surface area contributed by atoms with Crippen LogP contribution in [-0.4, -0.2) is 41.4 Å². The minimum atomic E-state index is -0.353. The lowest BCUT2D eigenvalue weighted by molar-refractivity contribution is 0.156. The highest BCUT2D eigenvalue weighted by Crippen LogP contribution is 2.41. The summed E-state index contributed by atoms with van der Waals surface area (Å²) < 4.78 is 7.42. The highest BCUT2D eigenvalue weighted by Gasteiger charge is 2.35. The smallest absolute Gasteiger partial charge is 0.426 e. The summed E-state index contributed by atoms with van der Waals surface area (Å²) in [5.41, 5.74) is 6.86. The number of carbonyl (C=O) groups is 1. The molecule has 2 aliphatic heterocycles. The third-order valence-electron chi connectivity index (χ3n) is 6.67. The summed E-state index contributed by atoms with van der Waals surface area (Å²) in [6, 6.07) is 9.26. The first-order valence-corrected chi connectivity index (χ1v) is 11.5. The number of ether oxygens (including phenoxy) is 1. The van der Waals surface area contributed by atoms with Gasteiger partial charge >= 0.3 is 6.09 Å². The Morgan fingerprint density at radius 1 is 1.17 bits per heavy atom. The molecule has 29 heavy (non-hydrogen) atoms. The molecule has 2 atom stereocenters. The van der Waals surface area contributed by atoms with Crippen LogP contribution in [0.15, 0.2) is 24.3 Å². The molecule has 0 bridgehead atoms. The van der Waals surface area contributed by atoms with Crippen LogP contribution in [-0.2, 0) is 11.2 Å². The van der Waals surface area contributed by atoms with Crippen molar-refractivity contribution >= 4 is 17.0 Å². The quantitative estimate of drug-likeness (QED) is 0.635. The average Bonchev–Trinajstić information content (AvgIpc) is 3.31. The van der Waals surface area contributed by atoms with Crippen molar-refractivity contribution in [3.8, 4) is 0 Å². The first kappa shape index (κ1) is 20.3. The van der Waals surface area contributed by atoms with E-state index in [2.05, 4.69) is 48.4 Å². The fourth-order valence-corrected chi connectivity index (χ4v) is 5.30. The van der Waals surface area contributed by atoms with E-state index in [-0.39, 0.29) is 6.09 Å². The summed E-state index contributed by atoms with van der Waals surface area (Å²) in [6.07, 6.45) is 8.70. The molecule has 0 spiro atoms. The SMILES string of the molecule is CCCCOC(=O)Nn1c(CCC)c(C2CCN3CCCC3C2)c2ccccc21. The number of nitrogens with zero attached hydrogens (tertiary/aromatic N) is 2. The van der Waals surface area contributed by atoms with E-state index >= 15 is 0 Å². The first-order valence-electron chi connectivity index (χ1n) is 11.5. The van der Waals surface area contributed by atoms with Gasteiger partial charge in [-0.05, 0) is 69.2 Å². The number of para-hydroxylation sites is 1. The first-order chi connectivity index (χ1) is 14.2. The van der Waals surface area contributed by atoms with Gasteiger partial charge in [0.1, 0.15) is 0 Å². The average molecular weight is 398 g/mol. The van der Waals surface area contributed by atoms with E-state index in [1.165, 1.54) is 55.4 Å². The second-order valence-corrected chi connectivity index (χ2v) is 8.62. The molecular weight excluding hydrogens is 362 g/mol. The minimum Gasteiger partial charge on any atom is -0.448 e. The molecule has 4 rings (SSSR count). The molecule has 5 heteroatoms. The highest BCUT2D eigenvalue weighted by atomic mass is 16.6. The lowest BCUT2D eigenvalue weighted by Crippen LogP contribution is -2.37. The lowest BCUT2D eigenvalue weighted by Gasteiger charge is -2.35. The topological polar surface area (TPSA) is 46.5 Å². The number of carbonyl (C=O) groups excluding carboxylic acids is 1. The van der Waals surface area contributed by atoms with Crippen molar-refractivity contribution < 1.29 is 9.53 Å². The molecule has 2 aromatic rings. The van der Waals surface area contributed by atoms with E-state index in [0.29, 0.717) is 12.5 Å². The van der Waals surface area contributed by atoms with Gasteiger partial charge in [0, 0.05) is 17.1 Å². The van der Waals surface area contributed by atoms with Gasteiger partial charge in [-0.15, -0.1) is 0 Å². The molecule has 0 saturated carbocycles. The van der Waals surface area contributed by atoms with E-state index in [4.69, 9.17) is 4.74 Å². The summed E-state index contributed by atoms with van der Waals surface area (Å²) >= 11 is 0. The van der Waals surface area contributed by atoms with Gasteiger partial charge in [0.2, 0.25) is 0 Å². The van der Waals surface area contributed by atoms with Gasteiger partial charge in [0.25, 0.3) is 0 Å². The van der Waals surface area contributed by atoms with Gasteiger partial charge in [-0.25, -0.2) is 10.2 Å². The molecule has 2 unspecified atom stereocenters. The molecule has 158 valence electrons. The van der Waals surface area contributed by atoms with Crippen molar-refractivity contribution in [2.45, 2.75) is 77.2 Å². The van der Waals surface area contributed by atoms with Crippen LogP contribution in [0.1, 0.15) is 76.0 Å². The number of fused-ring (bicyclic) bond motifs is 2. The monoisotopic (exact) mass is 397 g/mol. The maximum atomic E-state index is 12.5. The standard InChI is InChI=1S/C24H35N3O2/c1-3-5-16-29-24(28)25-27-21-12-7-6-11-20(21)23(22(27)9-4-2)18-13-15-26-14-8-10-19(26)17-18/h6-7,11-12,18-19H,3-5,8-10,13-17H2,1-2H3,(H,25,28). The fraction of sp³-hybridized carbons (Fsp3) is 0.625. The number of nitrogens with one attached hydrogen (secondary N) is 1. The summed E-state index contributed by atoms with van der Waals surface area (Å²) in [4.78, 5) is 15.1. The second kappa shape index (κ2) is 9.21. The third kappa shape index (κ3) is 4.16. The van der Waals surface area contributed by atoms with Crippen LogP contribution in [0.5, 0.6) is 0 Å². The van der Waals surface area contributed by atoms with Crippen molar-refractivity contribution in [1.82, 2.24) is 9.58 Å². The summed E-state index contributed by atoms with van der Waals surface area (Å²) in [5.74, 6) is 0.569. The number of aromatic nitrogens is 1. The van der Waals surface area contributed by atoms with Crippen molar-refractivity contribution in [2.75, 3.05) is 25.1 Å². The van der Waals surface area contributed by atoms with Gasteiger partial charge in [-0.3, -0.25) is 4.68 Å². The number of hydrogen-bond acceptors (Lipinski definition) is 3. The van der Waals surface area contributed by atoms with Crippen LogP contribution in [0.25, 0.3) is 10.9 Å². The zero-order chi connectivity index (χ0) is 20.2. The summed E-state index contributed by atoms with van der Waals surface area (Å²) in [7, 11) is 0. The van der Waals surface area contributed by atoms with Gasteiger partial charge in [0.15, 0.2) is 0 Å². The Bertz CT molecular complexity index is 844. The van der Waals surface area contributed by atoms with Gasteiger partial charge in [-0.2, -0.15) is 0 Å². The van der Waals surface area contributed by atoms with Crippen LogP contribution in [0.3, 0.4) is 0 Å². The Kier molecular flexibility index (Phi) is 6.43. The highest BCUT2D eigenvalue weighted by molar-refractivity contribution is 5.89. The van der Waals surface area contributed by atoms with Crippen molar-refractivity contribution in [2.24, 2.45) is 0 Å². The van der Waals surface area contributed by atoms with E-state index in [9.17, 15) is 4.79 Å². The fourth-order valence-electron chi connectivity index (χ4n) is 5.30. The largest absolute Gasteiger partial charge is 0.448 e. The molecule has 2 aliphatic rings. The van der Waals surface area contributed by atoms with Crippen LogP contribution in [0.4, 0.5) is 4.79 Å². The Labute approximate surface area is 174 Å². The maximum absolute atomic E-state index is 12.5. The van der Waals surface area contributed by atoms with Gasteiger partial charge < -0.3 is 9.64 Å². The van der Waals surface area contributed by atoms with Crippen molar-refractivity contribution in [1.29, 1.82) is 0 Å². The summed E-state index contributed by atoms with van der Waals surface area (Å²) in [6.45, 7) is 7.25. The predicted molar refractivity (Wildman–Crippen MR) is 118 cm³/mol. The van der Waals surface area contributed by atoms with E-state index in [1.807, 2.05) is 4.68 Å². The molecule has 0 radical (unpaired) electrons. The summed E-state index contributed by atoms with van der Waals surface area (Å²) in [5, 5.41) is 1.29. The maximum Gasteiger partial charge on any atom is 0.426 e. The normalized spacial score (nSPS) is 22.0. The molecule has 1 amide bonds. The van der Waals surface area contributed by atoms with E-state index in [1.54, 1.807) is 0 Å². The van der Waals surface area contributed by atoms with Crippen molar-refractivity contribution in [3.63, 3.8) is 0 Å². The third-order valence-corrected chi connectivity index (χ3v) is 6.67. The van der Waals surface area contributed by atoms with Crippen LogP contribution >= 0.6 is 0 Å². The van der Waals surface area contributed by atoms with E-state index in [0.717, 1.165) is 37.2 Å². The Morgan fingerprint density at radius 2 is 2.03 bits per heavy atom. The molecule has 2 fully saturated rings. The number of amides is 1. The molecular formula is C24H35N3O2. The number of rotatable bonds is 7. The zero-order valence-corrected chi connectivity index (χ0v) is 18.0. The second-order valence-electron chi connectivity index (χ2n) is 8.62. The molecule has 2 saturated heterocycles. The Morgan fingerprint density at radius 3 is 2.86 bits per heavy atom. The van der Waals surface area contributed by atoms with E-state index < -0.39 is 0 Å². The number of unbranched alkanes of at least 4 members (excludes halogenated alkanes) is 1. The number of piperidine rings is 1. The molecule has 1 aromatic heterocycles. The minimum absolute atomic E-state index is 0.353. The molecule has 1 N–H and O–H groups in total. The van der Waals surface area contributed by atoms with Crippen LogP contribution in [0, 0.1) is 0 Å². The number of hydrogen-bond donors (Lipinski definition) is 1. The van der Waals surface area contributed by atoms with Gasteiger partial charge in [-0.1, -0.05) is 44.9 Å². The van der Waals surface area contributed by atoms with Crippen molar-refractivity contribution in [3.05, 3.63) is 35.5 Å². The molecule has 0 aliphatic carbocycles. The van der Waals surface area contributed by atoms with Gasteiger partial charge in [0.05, 0.1) is 12.1 Å². The Balaban J connectivity index is 1.68. The lowest BCUT2D eigenvalue weighted by atomic mass is 9.83. The number of benzene rings is 1. The molecule has 1 aromatic carbocycles. The van der Waals surface area contributed by atoms with Crippen LogP contribution < -0.4 is 5.43 Å². The molecule has 5 nitrogen and oxygen atoms in total.